The van der Waals surface area contributed by atoms with Gasteiger partial charge in [0.15, 0.2) is 0 Å². The minimum absolute atomic E-state index is 1.11. The van der Waals surface area contributed by atoms with Crippen LogP contribution in [-0.2, 0) is 0 Å². The van der Waals surface area contributed by atoms with Crippen molar-refractivity contribution in [2.24, 2.45) is 0 Å². The molecule has 0 aromatic heterocycles. The van der Waals surface area contributed by atoms with E-state index in [1.807, 2.05) is 0 Å². The average molecular weight is 700 g/mol. The van der Waals surface area contributed by atoms with E-state index in [0.29, 0.717) is 0 Å². The van der Waals surface area contributed by atoms with Crippen LogP contribution in [0.5, 0.6) is 0 Å². The molecule has 0 saturated heterocycles. The zero-order valence-electron chi connectivity index (χ0n) is 30.3. The summed E-state index contributed by atoms with van der Waals surface area (Å²) in [6.45, 7) is 0. The highest BCUT2D eigenvalue weighted by Gasteiger charge is 2.16. The fourth-order valence-electron chi connectivity index (χ4n) is 8.01. The normalized spacial score (nSPS) is 11.3. The van der Waals surface area contributed by atoms with Gasteiger partial charge in [0.1, 0.15) is 0 Å². The molecule has 0 unspecified atom stereocenters. The Morgan fingerprint density at radius 1 is 0.236 bits per heavy atom. The molecular weight excluding hydrogens is 663 g/mol. The van der Waals surface area contributed by atoms with Crippen LogP contribution in [-0.4, -0.2) is 0 Å². The van der Waals surface area contributed by atoms with Gasteiger partial charge in [-0.3, -0.25) is 0 Å². The molecule has 0 saturated carbocycles. The summed E-state index contributed by atoms with van der Waals surface area (Å²) in [6.07, 6.45) is 0. The van der Waals surface area contributed by atoms with Crippen molar-refractivity contribution in [1.82, 2.24) is 0 Å². The largest absolute Gasteiger partial charge is 0.310 e. The molecule has 10 aromatic rings. The number of fused-ring (bicyclic) bond motifs is 3. The Hall–Kier alpha value is -7.22. The first kappa shape index (κ1) is 32.4. The van der Waals surface area contributed by atoms with E-state index in [0.717, 1.165) is 17.1 Å². The molecule has 0 bridgehead atoms. The third kappa shape index (κ3) is 6.22. The number of hydrogen-bond acceptors (Lipinski definition) is 1. The van der Waals surface area contributed by atoms with Crippen LogP contribution < -0.4 is 4.90 Å². The average Bonchev–Trinajstić information content (AvgIpc) is 3.27. The predicted molar refractivity (Wildman–Crippen MR) is 235 cm³/mol. The maximum atomic E-state index is 2.35. The van der Waals surface area contributed by atoms with Crippen LogP contribution in [0.1, 0.15) is 0 Å². The van der Waals surface area contributed by atoms with Gasteiger partial charge in [0.05, 0.1) is 0 Å². The first-order chi connectivity index (χ1) is 27.2. The molecule has 55 heavy (non-hydrogen) atoms. The van der Waals surface area contributed by atoms with Crippen LogP contribution in [0, 0.1) is 0 Å². The minimum Gasteiger partial charge on any atom is -0.310 e. The summed E-state index contributed by atoms with van der Waals surface area (Å²) in [5.74, 6) is 0. The van der Waals surface area contributed by atoms with Gasteiger partial charge in [-0.2, -0.15) is 0 Å². The summed E-state index contributed by atoms with van der Waals surface area (Å²) < 4.78 is 0. The lowest BCUT2D eigenvalue weighted by molar-refractivity contribution is 1.29. The van der Waals surface area contributed by atoms with Crippen LogP contribution in [0.15, 0.2) is 224 Å². The maximum Gasteiger partial charge on any atom is 0.0468 e. The van der Waals surface area contributed by atoms with Crippen molar-refractivity contribution in [3.63, 3.8) is 0 Å². The van der Waals surface area contributed by atoms with Crippen LogP contribution in [0.2, 0.25) is 0 Å². The number of anilines is 3. The van der Waals surface area contributed by atoms with E-state index in [1.165, 1.54) is 76.8 Å². The lowest BCUT2D eigenvalue weighted by atomic mass is 9.88. The Morgan fingerprint density at radius 2 is 0.655 bits per heavy atom. The van der Waals surface area contributed by atoms with Gasteiger partial charge in [-0.25, -0.2) is 0 Å². The second-order valence-electron chi connectivity index (χ2n) is 14.2. The molecule has 1 nitrogen and oxygen atoms in total. The molecule has 0 N–H and O–H groups in total. The summed E-state index contributed by atoms with van der Waals surface area (Å²) in [5, 5.41) is 7.47. The Balaban J connectivity index is 1.00. The molecule has 0 atom stereocenters. The third-order valence-electron chi connectivity index (χ3n) is 10.8. The van der Waals surface area contributed by atoms with Crippen molar-refractivity contribution < 1.29 is 0 Å². The van der Waals surface area contributed by atoms with Gasteiger partial charge in [-0.05, 0) is 119 Å². The fraction of sp³-hybridized carbons (Fsp3) is 0. The smallest absolute Gasteiger partial charge is 0.0468 e. The highest BCUT2D eigenvalue weighted by molar-refractivity contribution is 6.05. The van der Waals surface area contributed by atoms with E-state index >= 15 is 0 Å². The third-order valence-corrected chi connectivity index (χ3v) is 10.8. The van der Waals surface area contributed by atoms with Gasteiger partial charge in [-0.15, -0.1) is 0 Å². The summed E-state index contributed by atoms with van der Waals surface area (Å²) >= 11 is 0. The van der Waals surface area contributed by atoms with Crippen molar-refractivity contribution in [2.75, 3.05) is 4.90 Å². The number of benzene rings is 10. The molecule has 10 aromatic carbocycles. The SMILES string of the molecule is c1ccc(-c2ccc(N(c3ccc(-c4ccc(-c5ccc6ccccc6c5-c5ccc6ccccc6c5)cc4)cc3)c3ccc4ccccc4c3)cc2)cc1. The van der Waals surface area contributed by atoms with Crippen LogP contribution >= 0.6 is 0 Å². The van der Waals surface area contributed by atoms with E-state index < -0.39 is 0 Å². The topological polar surface area (TPSA) is 3.24 Å². The van der Waals surface area contributed by atoms with Gasteiger partial charge in [-0.1, -0.05) is 182 Å². The molecule has 0 aliphatic carbocycles. The molecule has 0 radical (unpaired) electrons. The molecule has 0 fully saturated rings. The summed E-state index contributed by atoms with van der Waals surface area (Å²) in [5.41, 5.74) is 13.1. The molecule has 1 heteroatoms. The van der Waals surface area contributed by atoms with Gasteiger partial charge >= 0.3 is 0 Å². The summed E-state index contributed by atoms with van der Waals surface area (Å²) in [6, 6.07) is 81.4. The molecule has 0 amide bonds. The minimum atomic E-state index is 1.11. The van der Waals surface area contributed by atoms with E-state index in [1.54, 1.807) is 0 Å². The number of nitrogens with zero attached hydrogens (tertiary/aromatic N) is 1. The second kappa shape index (κ2) is 14.0. The quantitative estimate of drug-likeness (QED) is 0.160. The van der Waals surface area contributed by atoms with Crippen molar-refractivity contribution in [1.29, 1.82) is 0 Å². The summed E-state index contributed by atoms with van der Waals surface area (Å²) in [7, 11) is 0. The van der Waals surface area contributed by atoms with Crippen molar-refractivity contribution in [2.45, 2.75) is 0 Å². The second-order valence-corrected chi connectivity index (χ2v) is 14.2. The highest BCUT2D eigenvalue weighted by Crippen LogP contribution is 2.41. The fourth-order valence-corrected chi connectivity index (χ4v) is 8.01. The van der Waals surface area contributed by atoms with Crippen LogP contribution in [0.4, 0.5) is 17.1 Å². The van der Waals surface area contributed by atoms with E-state index in [9.17, 15) is 0 Å². The zero-order valence-corrected chi connectivity index (χ0v) is 30.3. The molecular formula is C54H37N. The predicted octanol–water partition coefficient (Wildman–Crippen LogP) is 15.3. The van der Waals surface area contributed by atoms with E-state index in [2.05, 4.69) is 229 Å². The zero-order chi connectivity index (χ0) is 36.6. The summed E-state index contributed by atoms with van der Waals surface area (Å²) in [4.78, 5) is 2.35. The molecule has 10 rings (SSSR count). The van der Waals surface area contributed by atoms with Gasteiger partial charge in [0.2, 0.25) is 0 Å². The number of hydrogen-bond donors (Lipinski definition) is 0. The maximum absolute atomic E-state index is 2.35. The lowest BCUT2D eigenvalue weighted by Crippen LogP contribution is -2.09. The Morgan fingerprint density at radius 3 is 1.29 bits per heavy atom. The van der Waals surface area contributed by atoms with Gasteiger partial charge in [0.25, 0.3) is 0 Å². The first-order valence-electron chi connectivity index (χ1n) is 18.9. The highest BCUT2D eigenvalue weighted by atomic mass is 15.1. The van der Waals surface area contributed by atoms with E-state index in [-0.39, 0.29) is 0 Å². The molecule has 0 aliphatic heterocycles. The van der Waals surface area contributed by atoms with Gasteiger partial charge in [0, 0.05) is 17.1 Å². The number of rotatable bonds is 7. The Kier molecular flexibility index (Phi) is 8.24. The van der Waals surface area contributed by atoms with Crippen LogP contribution in [0.25, 0.3) is 76.8 Å². The van der Waals surface area contributed by atoms with Crippen LogP contribution in [0.3, 0.4) is 0 Å². The molecule has 0 spiro atoms. The van der Waals surface area contributed by atoms with Crippen molar-refractivity contribution in [3.05, 3.63) is 224 Å². The van der Waals surface area contributed by atoms with E-state index in [4.69, 9.17) is 0 Å². The molecule has 0 aliphatic rings. The first-order valence-corrected chi connectivity index (χ1v) is 18.9. The molecule has 258 valence electrons. The van der Waals surface area contributed by atoms with Crippen molar-refractivity contribution in [3.8, 4) is 44.5 Å². The Labute approximate surface area is 322 Å². The standard InChI is InChI=1S/C54H37N/c1-2-10-38(11-3-1)42-24-30-49(31-25-42)55(51-34-28-40-13-5-7-16-47(40)37-51)50-32-26-43(27-33-50)41-18-21-45(22-19-41)53-35-29-44-14-8-9-17-52(44)54(53)48-23-20-39-12-4-6-15-46(39)36-48/h1-37H. The molecule has 0 heterocycles. The lowest BCUT2D eigenvalue weighted by Gasteiger charge is -2.26. The Bertz CT molecular complexity index is 2940. The van der Waals surface area contributed by atoms with Gasteiger partial charge < -0.3 is 4.90 Å². The monoisotopic (exact) mass is 699 g/mol. The van der Waals surface area contributed by atoms with Crippen molar-refractivity contribution >= 4 is 49.4 Å².